The molecule has 2 aromatic rings. The van der Waals surface area contributed by atoms with Crippen molar-refractivity contribution < 1.29 is 4.39 Å². The highest BCUT2D eigenvalue weighted by Crippen LogP contribution is 2.59. The Bertz CT molecular complexity index is 691. The minimum Gasteiger partial charge on any atom is -0.341 e. The van der Waals surface area contributed by atoms with Gasteiger partial charge in [-0.1, -0.05) is 0 Å². The molecule has 1 aromatic carbocycles. The first kappa shape index (κ1) is 12.3. The molecular weight excluding hydrogens is 261 g/mol. The van der Waals surface area contributed by atoms with Crippen LogP contribution in [-0.4, -0.2) is 4.57 Å². The molecule has 4 saturated carbocycles. The van der Waals surface area contributed by atoms with Crippen LogP contribution in [0.4, 0.5) is 4.39 Å². The van der Waals surface area contributed by atoms with E-state index in [4.69, 9.17) is 0 Å². The van der Waals surface area contributed by atoms with Gasteiger partial charge in [-0.05, 0) is 87.0 Å². The molecule has 0 amide bonds. The molecule has 0 aliphatic heterocycles. The van der Waals surface area contributed by atoms with Gasteiger partial charge in [0.1, 0.15) is 5.82 Å². The van der Waals surface area contributed by atoms with Crippen molar-refractivity contribution in [3.05, 3.63) is 35.8 Å². The molecule has 1 nitrogen and oxygen atoms in total. The molecule has 4 fully saturated rings. The van der Waals surface area contributed by atoms with Gasteiger partial charge < -0.3 is 4.57 Å². The Hall–Kier alpha value is -1.31. The number of aromatic nitrogens is 1. The van der Waals surface area contributed by atoms with Crippen LogP contribution in [0.1, 0.15) is 44.1 Å². The SMILES string of the molecule is Cc1cn(C23CC4CC(CC(C4)C2)C3)c2cc(F)ccc12. The Morgan fingerprint density at radius 1 is 1.05 bits per heavy atom. The van der Waals surface area contributed by atoms with Crippen LogP contribution in [0.3, 0.4) is 0 Å². The van der Waals surface area contributed by atoms with E-state index in [0.29, 0.717) is 0 Å². The summed E-state index contributed by atoms with van der Waals surface area (Å²) >= 11 is 0. The average Bonchev–Trinajstić information content (AvgIpc) is 2.74. The predicted molar refractivity (Wildman–Crippen MR) is 82.8 cm³/mol. The third-order valence-corrected chi connectivity index (χ3v) is 6.48. The molecule has 0 saturated heterocycles. The van der Waals surface area contributed by atoms with Gasteiger partial charge in [0.2, 0.25) is 0 Å². The minimum atomic E-state index is -0.105. The second kappa shape index (κ2) is 3.91. The summed E-state index contributed by atoms with van der Waals surface area (Å²) in [6.07, 6.45) is 10.6. The maximum atomic E-state index is 13.8. The van der Waals surface area contributed by atoms with Crippen LogP contribution in [0.15, 0.2) is 24.4 Å². The monoisotopic (exact) mass is 283 g/mol. The molecular formula is C19H22FN. The fourth-order valence-corrected chi connectivity index (χ4v) is 6.12. The van der Waals surface area contributed by atoms with Gasteiger partial charge in [0, 0.05) is 17.1 Å². The summed E-state index contributed by atoms with van der Waals surface area (Å²) in [5.74, 6) is 2.65. The Labute approximate surface area is 125 Å². The lowest BCUT2D eigenvalue weighted by Crippen LogP contribution is -2.51. The highest BCUT2D eigenvalue weighted by Gasteiger charge is 2.52. The molecule has 4 bridgehead atoms. The van der Waals surface area contributed by atoms with E-state index in [0.717, 1.165) is 23.3 Å². The van der Waals surface area contributed by atoms with E-state index in [1.54, 1.807) is 12.1 Å². The summed E-state index contributed by atoms with van der Waals surface area (Å²) in [4.78, 5) is 0. The number of benzene rings is 1. The highest BCUT2D eigenvalue weighted by molar-refractivity contribution is 5.84. The second-order valence-corrected chi connectivity index (χ2v) is 7.99. The molecule has 2 heteroatoms. The van der Waals surface area contributed by atoms with E-state index in [2.05, 4.69) is 17.7 Å². The van der Waals surface area contributed by atoms with Crippen LogP contribution in [0, 0.1) is 30.5 Å². The van der Waals surface area contributed by atoms with Crippen molar-refractivity contribution in [3.63, 3.8) is 0 Å². The van der Waals surface area contributed by atoms with Crippen LogP contribution >= 0.6 is 0 Å². The van der Waals surface area contributed by atoms with E-state index < -0.39 is 0 Å². The largest absolute Gasteiger partial charge is 0.341 e. The maximum Gasteiger partial charge on any atom is 0.125 e. The van der Waals surface area contributed by atoms with Crippen LogP contribution in [0.2, 0.25) is 0 Å². The van der Waals surface area contributed by atoms with Gasteiger partial charge in [0.15, 0.2) is 0 Å². The van der Waals surface area contributed by atoms with Crippen LogP contribution in [-0.2, 0) is 5.54 Å². The first-order valence-corrected chi connectivity index (χ1v) is 8.41. The maximum absolute atomic E-state index is 13.8. The zero-order chi connectivity index (χ0) is 14.2. The Kier molecular flexibility index (Phi) is 2.28. The Balaban J connectivity index is 1.72. The second-order valence-electron chi connectivity index (χ2n) is 7.99. The molecule has 1 heterocycles. The average molecular weight is 283 g/mol. The van der Waals surface area contributed by atoms with Gasteiger partial charge in [-0.2, -0.15) is 0 Å². The van der Waals surface area contributed by atoms with E-state index in [1.165, 1.54) is 49.5 Å². The van der Waals surface area contributed by atoms with Gasteiger partial charge in [-0.25, -0.2) is 4.39 Å². The predicted octanol–water partition coefficient (Wildman–Crippen LogP) is 5.01. The van der Waals surface area contributed by atoms with Crippen molar-refractivity contribution in [1.29, 1.82) is 0 Å². The quantitative estimate of drug-likeness (QED) is 0.693. The standard InChI is InChI=1S/C19H22FN/c1-12-11-21(18-7-16(20)2-3-17(12)18)19-8-13-4-14(9-19)6-15(5-13)10-19/h2-3,7,11,13-15H,4-6,8-10H2,1H3. The lowest BCUT2D eigenvalue weighted by atomic mass is 9.53. The third-order valence-electron chi connectivity index (χ3n) is 6.48. The smallest absolute Gasteiger partial charge is 0.125 e. The number of rotatable bonds is 1. The highest BCUT2D eigenvalue weighted by atomic mass is 19.1. The first-order valence-electron chi connectivity index (χ1n) is 8.41. The molecule has 0 unspecified atom stereocenters. The normalized spacial score (nSPS) is 37.5. The van der Waals surface area contributed by atoms with E-state index in [-0.39, 0.29) is 11.4 Å². The Morgan fingerprint density at radius 3 is 2.29 bits per heavy atom. The zero-order valence-corrected chi connectivity index (χ0v) is 12.6. The lowest BCUT2D eigenvalue weighted by molar-refractivity contribution is -0.0408. The van der Waals surface area contributed by atoms with Crippen LogP contribution in [0.25, 0.3) is 10.9 Å². The van der Waals surface area contributed by atoms with Crippen LogP contribution < -0.4 is 0 Å². The summed E-state index contributed by atoms with van der Waals surface area (Å²) in [6.45, 7) is 2.16. The minimum absolute atomic E-state index is 0.105. The van der Waals surface area contributed by atoms with E-state index in [9.17, 15) is 4.39 Å². The molecule has 0 radical (unpaired) electrons. The summed E-state index contributed by atoms with van der Waals surface area (Å²) in [7, 11) is 0. The number of fused-ring (bicyclic) bond motifs is 1. The van der Waals surface area contributed by atoms with Crippen molar-refractivity contribution in [1.82, 2.24) is 4.57 Å². The van der Waals surface area contributed by atoms with Crippen molar-refractivity contribution in [2.75, 3.05) is 0 Å². The molecule has 4 aliphatic rings. The van der Waals surface area contributed by atoms with Crippen molar-refractivity contribution in [2.24, 2.45) is 17.8 Å². The van der Waals surface area contributed by atoms with Crippen LogP contribution in [0.5, 0.6) is 0 Å². The fourth-order valence-electron chi connectivity index (χ4n) is 6.12. The van der Waals surface area contributed by atoms with Gasteiger partial charge in [0.25, 0.3) is 0 Å². The Morgan fingerprint density at radius 2 is 1.67 bits per heavy atom. The zero-order valence-electron chi connectivity index (χ0n) is 12.6. The number of hydrogen-bond acceptors (Lipinski definition) is 0. The molecule has 1 aromatic heterocycles. The van der Waals surface area contributed by atoms with Crippen molar-refractivity contribution >= 4 is 10.9 Å². The summed E-state index contributed by atoms with van der Waals surface area (Å²) < 4.78 is 16.3. The van der Waals surface area contributed by atoms with Gasteiger partial charge in [-0.15, -0.1) is 0 Å². The molecule has 6 rings (SSSR count). The molecule has 0 atom stereocenters. The number of nitrogens with zero attached hydrogens (tertiary/aromatic N) is 1. The van der Waals surface area contributed by atoms with Crippen molar-refractivity contribution in [3.8, 4) is 0 Å². The molecule has 4 aliphatic carbocycles. The molecule has 0 spiro atoms. The summed E-state index contributed by atoms with van der Waals surface area (Å²) in [5.41, 5.74) is 2.70. The third kappa shape index (κ3) is 1.62. The van der Waals surface area contributed by atoms with E-state index in [1.807, 2.05) is 6.07 Å². The van der Waals surface area contributed by atoms with Crippen molar-refractivity contribution in [2.45, 2.75) is 51.0 Å². The van der Waals surface area contributed by atoms with Gasteiger partial charge in [-0.3, -0.25) is 0 Å². The number of hydrogen-bond donors (Lipinski definition) is 0. The molecule has 21 heavy (non-hydrogen) atoms. The molecule has 0 N–H and O–H groups in total. The molecule has 110 valence electrons. The first-order chi connectivity index (χ1) is 10.1. The fraction of sp³-hybridized carbons (Fsp3) is 0.579. The van der Waals surface area contributed by atoms with Gasteiger partial charge in [0.05, 0.1) is 5.52 Å². The number of aryl methyl sites for hydroxylation is 1. The van der Waals surface area contributed by atoms with Gasteiger partial charge >= 0.3 is 0 Å². The summed E-state index contributed by atoms with van der Waals surface area (Å²) in [6, 6.07) is 5.30. The van der Waals surface area contributed by atoms with E-state index >= 15 is 0 Å². The summed E-state index contributed by atoms with van der Waals surface area (Å²) in [5, 5.41) is 1.23. The number of halogens is 1. The topological polar surface area (TPSA) is 4.93 Å². The lowest BCUT2D eigenvalue weighted by Gasteiger charge is -2.57.